The Hall–Kier alpha value is -1.62. The summed E-state index contributed by atoms with van der Waals surface area (Å²) < 4.78 is 10.9. The van der Waals surface area contributed by atoms with Crippen molar-refractivity contribution in [1.29, 1.82) is 0 Å². The minimum atomic E-state index is -0.0833. The number of methoxy groups -OCH3 is 1. The molecule has 0 saturated carbocycles. The van der Waals surface area contributed by atoms with Gasteiger partial charge in [0.05, 0.1) is 23.8 Å². The molecule has 0 unspecified atom stereocenters. The molecule has 2 rings (SSSR count). The zero-order valence-corrected chi connectivity index (χ0v) is 12.2. The summed E-state index contributed by atoms with van der Waals surface area (Å²) >= 11 is 12.1. The van der Waals surface area contributed by atoms with Gasteiger partial charge in [0.2, 0.25) is 0 Å². The van der Waals surface area contributed by atoms with Gasteiger partial charge in [0, 0.05) is 5.69 Å². The van der Waals surface area contributed by atoms with Gasteiger partial charge in [-0.3, -0.25) is 0 Å². The van der Waals surface area contributed by atoms with Crippen molar-refractivity contribution in [2.24, 2.45) is 0 Å². The number of aliphatic hydroxyl groups excluding tert-OH is 1. The van der Waals surface area contributed by atoms with E-state index in [1.807, 2.05) is 0 Å². The fourth-order valence-corrected chi connectivity index (χ4v) is 2.26. The Morgan fingerprint density at radius 1 is 1.10 bits per heavy atom. The predicted octanol–water partition coefficient (Wildman–Crippen LogP) is 3.87. The van der Waals surface area contributed by atoms with E-state index in [1.54, 1.807) is 30.3 Å². The van der Waals surface area contributed by atoms with E-state index in [9.17, 15) is 0 Å². The van der Waals surface area contributed by atoms with Crippen molar-refractivity contribution in [3.8, 4) is 17.2 Å². The Morgan fingerprint density at radius 2 is 1.75 bits per heavy atom. The molecule has 2 aromatic carbocycles. The molecule has 0 heterocycles. The molecule has 106 valence electrons. The Balaban J connectivity index is 2.40. The number of halogens is 2. The number of hydrogen-bond donors (Lipinski definition) is 2. The van der Waals surface area contributed by atoms with Crippen LogP contribution < -0.4 is 15.2 Å². The van der Waals surface area contributed by atoms with Crippen LogP contribution in [0.5, 0.6) is 17.2 Å². The quantitative estimate of drug-likeness (QED) is 0.841. The number of ether oxygens (including phenoxy) is 2. The van der Waals surface area contributed by atoms with Gasteiger partial charge in [-0.2, -0.15) is 0 Å². The van der Waals surface area contributed by atoms with E-state index in [-0.39, 0.29) is 6.61 Å². The lowest BCUT2D eigenvalue weighted by molar-refractivity contribution is 0.280. The molecule has 0 aliphatic carbocycles. The highest BCUT2D eigenvalue weighted by atomic mass is 35.5. The monoisotopic (exact) mass is 313 g/mol. The van der Waals surface area contributed by atoms with Crippen molar-refractivity contribution in [2.75, 3.05) is 12.8 Å². The molecule has 0 amide bonds. The average Bonchev–Trinajstić information content (AvgIpc) is 2.42. The first-order valence-corrected chi connectivity index (χ1v) is 6.51. The van der Waals surface area contributed by atoms with E-state index >= 15 is 0 Å². The van der Waals surface area contributed by atoms with Gasteiger partial charge >= 0.3 is 0 Å². The number of hydrogen-bond acceptors (Lipinski definition) is 4. The summed E-state index contributed by atoms with van der Waals surface area (Å²) in [6.45, 7) is -0.0833. The van der Waals surface area contributed by atoms with Gasteiger partial charge < -0.3 is 20.3 Å². The van der Waals surface area contributed by atoms with E-state index < -0.39 is 0 Å². The summed E-state index contributed by atoms with van der Waals surface area (Å²) in [5.41, 5.74) is 6.80. The van der Waals surface area contributed by atoms with Gasteiger partial charge in [-0.1, -0.05) is 29.3 Å². The van der Waals surface area contributed by atoms with Crippen LogP contribution in [-0.4, -0.2) is 12.2 Å². The minimum absolute atomic E-state index is 0.0833. The van der Waals surface area contributed by atoms with Crippen LogP contribution in [0.15, 0.2) is 30.3 Å². The maximum absolute atomic E-state index is 9.10. The highest BCUT2D eigenvalue weighted by molar-refractivity contribution is 6.37. The van der Waals surface area contributed by atoms with Crippen LogP contribution in [0.25, 0.3) is 0 Å². The van der Waals surface area contributed by atoms with Gasteiger partial charge in [-0.15, -0.1) is 0 Å². The smallest absolute Gasteiger partial charge is 0.169 e. The third kappa shape index (κ3) is 3.10. The first-order valence-electron chi connectivity index (χ1n) is 5.75. The van der Waals surface area contributed by atoms with Crippen LogP contribution in [0.2, 0.25) is 10.0 Å². The number of benzene rings is 2. The molecule has 4 nitrogen and oxygen atoms in total. The van der Waals surface area contributed by atoms with Gasteiger partial charge in [0.25, 0.3) is 0 Å². The fraction of sp³-hybridized carbons (Fsp3) is 0.143. The SMILES string of the molecule is COc1cc(CO)ccc1Oc1c(Cl)cc(N)cc1Cl. The van der Waals surface area contributed by atoms with Crippen molar-refractivity contribution < 1.29 is 14.6 Å². The first-order chi connectivity index (χ1) is 9.55. The summed E-state index contributed by atoms with van der Waals surface area (Å²) in [5, 5.41) is 9.72. The van der Waals surface area contributed by atoms with E-state index in [0.717, 1.165) is 0 Å². The van der Waals surface area contributed by atoms with Crippen LogP contribution >= 0.6 is 23.2 Å². The summed E-state index contributed by atoms with van der Waals surface area (Å²) in [6.07, 6.45) is 0. The van der Waals surface area contributed by atoms with Crippen molar-refractivity contribution in [3.05, 3.63) is 45.9 Å². The highest BCUT2D eigenvalue weighted by Gasteiger charge is 2.13. The number of aliphatic hydroxyl groups is 1. The van der Waals surface area contributed by atoms with Crippen molar-refractivity contribution in [3.63, 3.8) is 0 Å². The van der Waals surface area contributed by atoms with Gasteiger partial charge in [-0.05, 0) is 29.8 Å². The normalized spacial score (nSPS) is 10.4. The molecule has 0 aromatic heterocycles. The van der Waals surface area contributed by atoms with Gasteiger partial charge in [0.15, 0.2) is 17.2 Å². The van der Waals surface area contributed by atoms with E-state index in [4.69, 9.17) is 43.5 Å². The molecule has 0 bridgehead atoms. The molecular formula is C14H13Cl2NO3. The number of anilines is 1. The maximum atomic E-state index is 9.10. The minimum Gasteiger partial charge on any atom is -0.493 e. The molecule has 0 fully saturated rings. The van der Waals surface area contributed by atoms with Crippen molar-refractivity contribution in [1.82, 2.24) is 0 Å². The van der Waals surface area contributed by atoms with Crippen LogP contribution in [0.3, 0.4) is 0 Å². The standard InChI is InChI=1S/C14H13Cl2NO3/c1-19-13-4-8(7-18)2-3-12(13)20-14-10(15)5-9(17)6-11(14)16/h2-6,18H,7,17H2,1H3. The molecule has 0 spiro atoms. The number of nitrogens with two attached hydrogens (primary N) is 1. The second-order valence-electron chi connectivity index (χ2n) is 4.06. The molecule has 3 N–H and O–H groups in total. The Kier molecular flexibility index (Phi) is 4.60. The van der Waals surface area contributed by atoms with Crippen LogP contribution in [-0.2, 0) is 6.61 Å². The fourth-order valence-electron chi connectivity index (χ4n) is 1.68. The lowest BCUT2D eigenvalue weighted by Crippen LogP contribution is -1.94. The molecule has 0 saturated heterocycles. The van der Waals surface area contributed by atoms with Crippen LogP contribution in [0.1, 0.15) is 5.56 Å². The Morgan fingerprint density at radius 3 is 2.30 bits per heavy atom. The lowest BCUT2D eigenvalue weighted by Gasteiger charge is -2.14. The van der Waals surface area contributed by atoms with E-state index in [1.165, 1.54) is 7.11 Å². The second kappa shape index (κ2) is 6.22. The summed E-state index contributed by atoms with van der Waals surface area (Å²) in [6, 6.07) is 8.17. The van der Waals surface area contributed by atoms with Gasteiger partial charge in [0.1, 0.15) is 0 Å². The molecule has 2 aromatic rings. The molecule has 0 aliphatic rings. The highest BCUT2D eigenvalue weighted by Crippen LogP contribution is 2.41. The van der Waals surface area contributed by atoms with Crippen LogP contribution in [0.4, 0.5) is 5.69 Å². The Bertz CT molecular complexity index is 609. The van der Waals surface area contributed by atoms with Crippen LogP contribution in [0, 0.1) is 0 Å². The van der Waals surface area contributed by atoms with Gasteiger partial charge in [-0.25, -0.2) is 0 Å². The zero-order valence-electron chi connectivity index (χ0n) is 10.7. The van der Waals surface area contributed by atoms with E-state index in [2.05, 4.69) is 0 Å². The number of nitrogen functional groups attached to an aromatic ring is 1. The van der Waals surface area contributed by atoms with Crippen molar-refractivity contribution >= 4 is 28.9 Å². The first kappa shape index (κ1) is 14.8. The topological polar surface area (TPSA) is 64.7 Å². The molecule has 0 atom stereocenters. The second-order valence-corrected chi connectivity index (χ2v) is 4.87. The molecular weight excluding hydrogens is 301 g/mol. The number of rotatable bonds is 4. The maximum Gasteiger partial charge on any atom is 0.169 e. The molecule has 6 heteroatoms. The Labute approximate surface area is 126 Å². The van der Waals surface area contributed by atoms with E-state index in [0.29, 0.717) is 38.5 Å². The zero-order chi connectivity index (χ0) is 14.7. The largest absolute Gasteiger partial charge is 0.493 e. The van der Waals surface area contributed by atoms with Crippen molar-refractivity contribution in [2.45, 2.75) is 6.61 Å². The third-order valence-electron chi connectivity index (χ3n) is 2.64. The third-order valence-corrected chi connectivity index (χ3v) is 3.20. The molecule has 0 radical (unpaired) electrons. The summed E-state index contributed by atoms with van der Waals surface area (Å²) in [5.74, 6) is 1.22. The average molecular weight is 314 g/mol. The predicted molar refractivity (Wildman–Crippen MR) is 79.9 cm³/mol. The lowest BCUT2D eigenvalue weighted by atomic mass is 10.2. The molecule has 0 aliphatic heterocycles. The molecule has 20 heavy (non-hydrogen) atoms. The summed E-state index contributed by atoms with van der Waals surface area (Å²) in [4.78, 5) is 0. The summed E-state index contributed by atoms with van der Waals surface area (Å²) in [7, 11) is 1.51.